The zero-order valence-corrected chi connectivity index (χ0v) is 20.1. The van der Waals surface area contributed by atoms with Crippen LogP contribution in [0.4, 0.5) is 10.1 Å². The molecule has 0 saturated heterocycles. The summed E-state index contributed by atoms with van der Waals surface area (Å²) >= 11 is 0. The Morgan fingerprint density at radius 1 is 1.13 bits per heavy atom. The molecule has 0 unspecified atom stereocenters. The van der Waals surface area contributed by atoms with E-state index >= 15 is 0 Å². The van der Waals surface area contributed by atoms with Crippen LogP contribution in [0.3, 0.4) is 0 Å². The van der Waals surface area contributed by atoms with E-state index in [1.807, 2.05) is 32.0 Å². The van der Waals surface area contributed by atoms with Gasteiger partial charge in [-0.1, -0.05) is 32.0 Å². The lowest BCUT2D eigenvalue weighted by Crippen LogP contribution is -2.44. The maximum Gasteiger partial charge on any atom is 0.221 e. The predicted octanol–water partition coefficient (Wildman–Crippen LogP) is 3.92. The van der Waals surface area contributed by atoms with E-state index in [-0.39, 0.29) is 41.1 Å². The first-order valence-electron chi connectivity index (χ1n) is 9.51. The van der Waals surface area contributed by atoms with Crippen molar-refractivity contribution < 1.29 is 13.9 Å². The van der Waals surface area contributed by atoms with Gasteiger partial charge in [-0.2, -0.15) is 0 Å². The van der Waals surface area contributed by atoms with Crippen LogP contribution in [0.25, 0.3) is 0 Å². The topological polar surface area (TPSA) is 74.8 Å². The third kappa shape index (κ3) is 8.56. The van der Waals surface area contributed by atoms with E-state index in [1.165, 1.54) is 13.0 Å². The van der Waals surface area contributed by atoms with Crippen molar-refractivity contribution in [2.45, 2.75) is 26.2 Å². The summed E-state index contributed by atoms with van der Waals surface area (Å²) in [6.45, 7) is 7.13. The smallest absolute Gasteiger partial charge is 0.221 e. The number of benzene rings is 2. The Hall–Kier alpha value is -2.36. The second-order valence-corrected chi connectivity index (χ2v) is 7.30. The molecule has 0 aromatic heterocycles. The van der Waals surface area contributed by atoms with Crippen molar-refractivity contribution in [3.8, 4) is 5.75 Å². The normalized spacial score (nSPS) is 11.3. The summed E-state index contributed by atoms with van der Waals surface area (Å²) in [5, 5.41) is 9.19. The molecule has 0 bridgehead atoms. The molecule has 2 rings (SSSR count). The van der Waals surface area contributed by atoms with Gasteiger partial charge in [-0.25, -0.2) is 4.39 Å². The highest BCUT2D eigenvalue weighted by atomic mass is 127. The van der Waals surface area contributed by atoms with Crippen LogP contribution >= 0.6 is 24.0 Å². The van der Waals surface area contributed by atoms with Crippen LogP contribution < -0.4 is 20.7 Å². The van der Waals surface area contributed by atoms with Gasteiger partial charge in [0.05, 0.1) is 6.54 Å². The van der Waals surface area contributed by atoms with Gasteiger partial charge in [0, 0.05) is 37.7 Å². The first-order valence-corrected chi connectivity index (χ1v) is 9.51. The van der Waals surface area contributed by atoms with Crippen LogP contribution in [0.15, 0.2) is 53.5 Å². The molecule has 0 atom stereocenters. The Morgan fingerprint density at radius 3 is 2.53 bits per heavy atom. The van der Waals surface area contributed by atoms with Crippen molar-refractivity contribution in [2.24, 2.45) is 4.99 Å². The van der Waals surface area contributed by atoms with E-state index in [0.717, 1.165) is 5.56 Å². The van der Waals surface area contributed by atoms with Crippen molar-refractivity contribution in [3.63, 3.8) is 0 Å². The zero-order chi connectivity index (χ0) is 21.3. The molecule has 6 nitrogen and oxygen atoms in total. The number of ether oxygens (including phenoxy) is 1. The van der Waals surface area contributed by atoms with Crippen LogP contribution in [0.2, 0.25) is 0 Å². The Labute approximate surface area is 194 Å². The molecular formula is C22H30FIN4O2. The fourth-order valence-corrected chi connectivity index (χ4v) is 2.74. The average molecular weight is 528 g/mol. The summed E-state index contributed by atoms with van der Waals surface area (Å²) in [7, 11) is 1.70. The van der Waals surface area contributed by atoms with E-state index in [0.29, 0.717) is 37.1 Å². The first-order chi connectivity index (χ1) is 13.8. The summed E-state index contributed by atoms with van der Waals surface area (Å²) in [6.07, 6.45) is 0. The van der Waals surface area contributed by atoms with Gasteiger partial charge < -0.3 is 20.7 Å². The van der Waals surface area contributed by atoms with Gasteiger partial charge in [0.1, 0.15) is 18.2 Å². The number of nitrogens with zero attached hydrogens (tertiary/aromatic N) is 1. The van der Waals surface area contributed by atoms with Crippen LogP contribution in [-0.4, -0.2) is 38.6 Å². The van der Waals surface area contributed by atoms with Gasteiger partial charge in [-0.05, 0) is 29.8 Å². The maximum atomic E-state index is 13.5. The molecule has 0 fully saturated rings. The quantitative estimate of drug-likeness (QED) is 0.210. The number of hydrogen-bond acceptors (Lipinski definition) is 3. The minimum absolute atomic E-state index is 0. The molecule has 8 heteroatoms. The maximum absolute atomic E-state index is 13.5. The van der Waals surface area contributed by atoms with E-state index in [4.69, 9.17) is 4.74 Å². The molecule has 0 aliphatic heterocycles. The van der Waals surface area contributed by atoms with E-state index in [1.54, 1.807) is 31.3 Å². The number of aliphatic imine (C=N–C) groups is 1. The largest absolute Gasteiger partial charge is 0.492 e. The minimum atomic E-state index is -0.264. The number of amides is 1. The number of anilines is 1. The summed E-state index contributed by atoms with van der Waals surface area (Å²) in [5.74, 6) is 0.955. The molecule has 0 aliphatic rings. The molecular weight excluding hydrogens is 498 g/mol. The summed E-state index contributed by atoms with van der Waals surface area (Å²) in [4.78, 5) is 15.3. The van der Waals surface area contributed by atoms with Crippen molar-refractivity contribution in [1.29, 1.82) is 0 Å². The summed E-state index contributed by atoms with van der Waals surface area (Å²) in [6, 6.07) is 13.9. The highest BCUT2D eigenvalue weighted by Gasteiger charge is 2.21. The highest BCUT2D eigenvalue weighted by molar-refractivity contribution is 14.0. The van der Waals surface area contributed by atoms with Crippen LogP contribution in [0.1, 0.15) is 26.3 Å². The molecule has 0 radical (unpaired) electrons. The predicted molar refractivity (Wildman–Crippen MR) is 130 cm³/mol. The third-order valence-corrected chi connectivity index (χ3v) is 4.35. The molecule has 164 valence electrons. The van der Waals surface area contributed by atoms with Crippen LogP contribution in [0.5, 0.6) is 5.75 Å². The standard InChI is InChI=1S/C22H29FN4O2.HI/c1-16(28)27-19-9-6-10-20(14-19)29-12-11-25-21(24-4)26-15-22(2,3)17-7-5-8-18(23)13-17;/h5-10,13-14H,11-12,15H2,1-4H3,(H,27,28)(H2,24,25,26);1H. The number of carbonyl (C=O) groups excluding carboxylic acids is 1. The third-order valence-electron chi connectivity index (χ3n) is 4.35. The second kappa shape index (κ2) is 12.4. The Morgan fingerprint density at radius 2 is 1.87 bits per heavy atom. The second-order valence-electron chi connectivity index (χ2n) is 7.30. The molecule has 2 aromatic rings. The number of rotatable bonds is 8. The van der Waals surface area contributed by atoms with E-state index in [2.05, 4.69) is 20.9 Å². The van der Waals surface area contributed by atoms with Crippen molar-refractivity contribution in [3.05, 3.63) is 59.9 Å². The van der Waals surface area contributed by atoms with Gasteiger partial charge in [-0.15, -0.1) is 24.0 Å². The molecule has 0 saturated carbocycles. The van der Waals surface area contributed by atoms with Gasteiger partial charge in [0.15, 0.2) is 5.96 Å². The number of halogens is 2. The van der Waals surface area contributed by atoms with Crippen LogP contribution in [-0.2, 0) is 10.2 Å². The number of carbonyl (C=O) groups is 1. The van der Waals surface area contributed by atoms with Crippen LogP contribution in [0, 0.1) is 5.82 Å². The molecule has 3 N–H and O–H groups in total. The first kappa shape index (κ1) is 25.7. The number of hydrogen-bond donors (Lipinski definition) is 3. The van der Waals surface area contributed by atoms with Gasteiger partial charge >= 0.3 is 0 Å². The van der Waals surface area contributed by atoms with Gasteiger partial charge in [0.25, 0.3) is 0 Å². The molecule has 0 spiro atoms. The van der Waals surface area contributed by atoms with E-state index in [9.17, 15) is 9.18 Å². The van der Waals surface area contributed by atoms with Gasteiger partial charge in [0.2, 0.25) is 5.91 Å². The van der Waals surface area contributed by atoms with Crippen molar-refractivity contribution >= 4 is 41.5 Å². The highest BCUT2D eigenvalue weighted by Crippen LogP contribution is 2.22. The Kier molecular flexibility index (Phi) is 10.6. The summed E-state index contributed by atoms with van der Waals surface area (Å²) < 4.78 is 19.2. The molecule has 0 aliphatic carbocycles. The lowest BCUT2D eigenvalue weighted by atomic mass is 9.84. The number of guanidine groups is 1. The van der Waals surface area contributed by atoms with Crippen molar-refractivity contribution in [1.82, 2.24) is 10.6 Å². The molecule has 30 heavy (non-hydrogen) atoms. The monoisotopic (exact) mass is 528 g/mol. The SMILES string of the molecule is CN=C(NCCOc1cccc(NC(C)=O)c1)NCC(C)(C)c1cccc(F)c1.I. The zero-order valence-electron chi connectivity index (χ0n) is 17.8. The number of nitrogens with one attached hydrogen (secondary N) is 3. The van der Waals surface area contributed by atoms with E-state index < -0.39 is 0 Å². The Bertz CT molecular complexity index is 859. The lowest BCUT2D eigenvalue weighted by Gasteiger charge is -2.26. The molecule has 2 aromatic carbocycles. The molecule has 1 amide bonds. The Balaban J connectivity index is 0.00000450. The average Bonchev–Trinajstić information content (AvgIpc) is 2.67. The fourth-order valence-electron chi connectivity index (χ4n) is 2.74. The van der Waals surface area contributed by atoms with Gasteiger partial charge in [-0.3, -0.25) is 9.79 Å². The summed E-state index contributed by atoms with van der Waals surface area (Å²) in [5.41, 5.74) is 1.35. The minimum Gasteiger partial charge on any atom is -0.492 e. The lowest BCUT2D eigenvalue weighted by molar-refractivity contribution is -0.114. The van der Waals surface area contributed by atoms with Crippen molar-refractivity contribution in [2.75, 3.05) is 32.1 Å². The fraction of sp³-hybridized carbons (Fsp3) is 0.364. The molecule has 0 heterocycles.